The predicted molar refractivity (Wildman–Crippen MR) is 121 cm³/mol. The minimum atomic E-state index is -0.260. The first-order chi connectivity index (χ1) is 14.5. The van der Waals surface area contributed by atoms with E-state index in [1.54, 1.807) is 28.5 Å². The number of amides is 1. The lowest BCUT2D eigenvalue weighted by atomic mass is 10.2. The van der Waals surface area contributed by atoms with Gasteiger partial charge in [-0.15, -0.1) is 0 Å². The molecular weight excluding hydrogens is 422 g/mol. The monoisotopic (exact) mass is 439 g/mol. The molecule has 0 bridgehead atoms. The van der Waals surface area contributed by atoms with E-state index in [0.717, 1.165) is 5.69 Å². The minimum Gasteiger partial charge on any atom is -0.283 e. The molecular formula is C21H18ClN5O2S. The zero-order valence-electron chi connectivity index (χ0n) is 16.3. The number of hydrogen-bond donors (Lipinski definition) is 0. The number of hydrazone groups is 1. The van der Waals surface area contributed by atoms with Gasteiger partial charge in [-0.1, -0.05) is 59.8 Å². The molecule has 2 aromatic carbocycles. The van der Waals surface area contributed by atoms with Crippen LogP contribution in [-0.2, 0) is 11.8 Å². The second kappa shape index (κ2) is 8.33. The molecule has 7 nitrogen and oxygen atoms in total. The Bertz CT molecular complexity index is 1230. The fourth-order valence-corrected chi connectivity index (χ4v) is 4.01. The first-order valence-electron chi connectivity index (χ1n) is 9.14. The molecule has 4 rings (SSSR count). The second-order valence-electron chi connectivity index (χ2n) is 6.56. The summed E-state index contributed by atoms with van der Waals surface area (Å²) < 4.78 is 3.30. The number of halogens is 1. The highest BCUT2D eigenvalue weighted by molar-refractivity contribution is 8.15. The fourth-order valence-electron chi connectivity index (χ4n) is 3.03. The van der Waals surface area contributed by atoms with Crippen molar-refractivity contribution in [2.45, 2.75) is 6.92 Å². The number of thioether (sulfide) groups is 1. The molecule has 3 aromatic rings. The average molecular weight is 440 g/mol. The van der Waals surface area contributed by atoms with Gasteiger partial charge in [-0.3, -0.25) is 14.3 Å². The van der Waals surface area contributed by atoms with Crippen LogP contribution in [-0.4, -0.2) is 37.4 Å². The first kappa shape index (κ1) is 20.2. The maximum Gasteiger partial charge on any atom is 0.297 e. The van der Waals surface area contributed by atoms with Crippen LogP contribution in [0, 0.1) is 6.92 Å². The van der Waals surface area contributed by atoms with Gasteiger partial charge in [0.05, 0.1) is 23.3 Å². The highest BCUT2D eigenvalue weighted by atomic mass is 35.5. The third-order valence-electron chi connectivity index (χ3n) is 4.69. The minimum absolute atomic E-state index is 0.206. The van der Waals surface area contributed by atoms with Gasteiger partial charge in [0.2, 0.25) is 0 Å². The summed E-state index contributed by atoms with van der Waals surface area (Å²) in [6, 6.07) is 16.5. The summed E-state index contributed by atoms with van der Waals surface area (Å²) in [5, 5.41) is 6.37. The number of hydrogen-bond acceptors (Lipinski definition) is 5. The number of benzene rings is 2. The Balaban J connectivity index is 1.73. The zero-order chi connectivity index (χ0) is 21.3. The van der Waals surface area contributed by atoms with E-state index < -0.39 is 0 Å². The molecule has 0 radical (unpaired) electrons. The average Bonchev–Trinajstić information content (AvgIpc) is 3.20. The maximum atomic E-state index is 13.1. The van der Waals surface area contributed by atoms with Gasteiger partial charge in [-0.2, -0.15) is 10.1 Å². The van der Waals surface area contributed by atoms with Gasteiger partial charge in [0.15, 0.2) is 10.9 Å². The van der Waals surface area contributed by atoms with Crippen molar-refractivity contribution in [3.05, 3.63) is 81.2 Å². The van der Waals surface area contributed by atoms with Crippen LogP contribution in [0.25, 0.3) is 5.69 Å². The summed E-state index contributed by atoms with van der Waals surface area (Å²) in [5.74, 6) is -0.00343. The van der Waals surface area contributed by atoms with Crippen LogP contribution in [0.1, 0.15) is 11.3 Å². The van der Waals surface area contributed by atoms with Gasteiger partial charge in [-0.05, 0) is 25.1 Å². The number of para-hydroxylation sites is 1. The van der Waals surface area contributed by atoms with Gasteiger partial charge < -0.3 is 0 Å². The number of aromatic nitrogens is 2. The van der Waals surface area contributed by atoms with E-state index in [1.165, 1.54) is 23.0 Å². The molecule has 1 aromatic heterocycles. The number of carbonyl (C=O) groups is 1. The van der Waals surface area contributed by atoms with Gasteiger partial charge in [-0.25, -0.2) is 9.67 Å². The summed E-state index contributed by atoms with van der Waals surface area (Å²) in [5.41, 5.74) is 2.13. The maximum absolute atomic E-state index is 13.1. The smallest absolute Gasteiger partial charge is 0.283 e. The third-order valence-corrected chi connectivity index (χ3v) is 5.95. The molecule has 0 saturated carbocycles. The summed E-state index contributed by atoms with van der Waals surface area (Å²) in [6.07, 6.45) is 1.52. The van der Waals surface area contributed by atoms with Crippen LogP contribution in [0.3, 0.4) is 0 Å². The normalized spacial score (nSPS) is 15.6. The second-order valence-corrected chi connectivity index (χ2v) is 7.91. The van der Waals surface area contributed by atoms with Gasteiger partial charge in [0, 0.05) is 17.6 Å². The molecule has 0 atom stereocenters. The standard InChI is InChI=1S/C21H18ClN5O2S/c1-14-19(20(29)27(25(14)2)16-9-4-3-5-10-16)24-21-26(18(28)13-30-21)23-12-15-8-6-7-11-17(15)22/h3-12H,13H2,1-2H3. The predicted octanol–water partition coefficient (Wildman–Crippen LogP) is 3.73. The van der Waals surface area contributed by atoms with Crippen molar-refractivity contribution < 1.29 is 4.79 Å². The van der Waals surface area contributed by atoms with E-state index in [4.69, 9.17) is 11.6 Å². The topological polar surface area (TPSA) is 72.0 Å². The summed E-state index contributed by atoms with van der Waals surface area (Å²) >= 11 is 7.40. The molecule has 152 valence electrons. The van der Waals surface area contributed by atoms with Crippen molar-refractivity contribution in [2.75, 3.05) is 5.75 Å². The molecule has 1 fully saturated rings. The number of amidine groups is 1. The molecule has 0 N–H and O–H groups in total. The Morgan fingerprint density at radius 3 is 2.50 bits per heavy atom. The van der Waals surface area contributed by atoms with E-state index >= 15 is 0 Å². The van der Waals surface area contributed by atoms with E-state index in [-0.39, 0.29) is 22.9 Å². The molecule has 2 heterocycles. The van der Waals surface area contributed by atoms with E-state index in [9.17, 15) is 9.59 Å². The number of rotatable bonds is 4. The molecule has 1 aliphatic heterocycles. The highest BCUT2D eigenvalue weighted by Crippen LogP contribution is 2.25. The van der Waals surface area contributed by atoms with Crippen LogP contribution in [0.2, 0.25) is 5.02 Å². The van der Waals surface area contributed by atoms with Crippen LogP contribution in [0.15, 0.2) is 69.5 Å². The molecule has 1 aliphatic rings. The molecule has 9 heteroatoms. The SMILES string of the molecule is Cc1c(N=C2SCC(=O)N2N=Cc2ccccc2Cl)c(=O)n(-c2ccccc2)n1C. The Morgan fingerprint density at radius 1 is 1.07 bits per heavy atom. The Labute approximate surface area is 182 Å². The zero-order valence-corrected chi connectivity index (χ0v) is 17.9. The highest BCUT2D eigenvalue weighted by Gasteiger charge is 2.29. The quantitative estimate of drug-likeness (QED) is 0.581. The summed E-state index contributed by atoms with van der Waals surface area (Å²) in [6.45, 7) is 1.82. The van der Waals surface area contributed by atoms with Crippen molar-refractivity contribution in [2.24, 2.45) is 17.1 Å². The third kappa shape index (κ3) is 3.71. The Morgan fingerprint density at radius 2 is 1.77 bits per heavy atom. The van der Waals surface area contributed by atoms with Crippen molar-refractivity contribution in [3.63, 3.8) is 0 Å². The van der Waals surface area contributed by atoms with Gasteiger partial charge >= 0.3 is 0 Å². The fraction of sp³-hybridized carbons (Fsp3) is 0.143. The van der Waals surface area contributed by atoms with Crippen molar-refractivity contribution >= 4 is 46.3 Å². The van der Waals surface area contributed by atoms with E-state index in [2.05, 4.69) is 10.1 Å². The molecule has 0 aliphatic carbocycles. The van der Waals surface area contributed by atoms with E-state index in [1.807, 2.05) is 49.4 Å². The Kier molecular flexibility index (Phi) is 5.61. The summed E-state index contributed by atoms with van der Waals surface area (Å²) in [7, 11) is 1.80. The van der Waals surface area contributed by atoms with Crippen LogP contribution in [0.5, 0.6) is 0 Å². The van der Waals surface area contributed by atoms with Crippen molar-refractivity contribution in [1.29, 1.82) is 0 Å². The van der Waals surface area contributed by atoms with Crippen molar-refractivity contribution in [1.82, 2.24) is 14.4 Å². The first-order valence-corrected chi connectivity index (χ1v) is 10.5. The lowest BCUT2D eigenvalue weighted by Crippen LogP contribution is -2.24. The number of carbonyl (C=O) groups excluding carboxylic acids is 1. The molecule has 0 spiro atoms. The number of nitrogens with zero attached hydrogens (tertiary/aromatic N) is 5. The van der Waals surface area contributed by atoms with Crippen LogP contribution in [0.4, 0.5) is 5.69 Å². The van der Waals surface area contributed by atoms with Crippen LogP contribution >= 0.6 is 23.4 Å². The van der Waals surface area contributed by atoms with Crippen molar-refractivity contribution in [3.8, 4) is 5.69 Å². The van der Waals surface area contributed by atoms with E-state index in [0.29, 0.717) is 21.4 Å². The molecule has 30 heavy (non-hydrogen) atoms. The van der Waals surface area contributed by atoms with Crippen LogP contribution < -0.4 is 5.56 Å². The van der Waals surface area contributed by atoms with Gasteiger partial charge in [0.25, 0.3) is 11.5 Å². The van der Waals surface area contributed by atoms with Gasteiger partial charge in [0.1, 0.15) is 0 Å². The lowest BCUT2D eigenvalue weighted by molar-refractivity contribution is -0.124. The Hall–Kier alpha value is -3.10. The summed E-state index contributed by atoms with van der Waals surface area (Å²) in [4.78, 5) is 29.9. The number of aliphatic imine (C=N–C) groups is 1. The largest absolute Gasteiger partial charge is 0.297 e. The molecule has 1 saturated heterocycles. The molecule has 1 amide bonds. The molecule has 0 unspecified atom stereocenters. The lowest BCUT2D eigenvalue weighted by Gasteiger charge is -2.08.